The van der Waals surface area contributed by atoms with E-state index in [9.17, 15) is 8.42 Å². The monoisotopic (exact) mass is 491 g/mol. The van der Waals surface area contributed by atoms with Crippen LogP contribution in [0.3, 0.4) is 0 Å². The third-order valence-electron chi connectivity index (χ3n) is 4.50. The fourth-order valence-electron chi connectivity index (χ4n) is 2.92. The highest BCUT2D eigenvalue weighted by atomic mass is 79.9. The maximum atomic E-state index is 13.5. The molecule has 0 aliphatic carbocycles. The second-order valence-electron chi connectivity index (χ2n) is 6.38. The molecule has 6 nitrogen and oxygen atoms in total. The van der Waals surface area contributed by atoms with Crippen molar-refractivity contribution in [3.8, 4) is 17.2 Å². The normalized spacial score (nSPS) is 11.1. The highest BCUT2D eigenvalue weighted by Gasteiger charge is 2.26. The summed E-state index contributed by atoms with van der Waals surface area (Å²) in [6.45, 7) is 0.101. The largest absolute Gasteiger partial charge is 0.497 e. The van der Waals surface area contributed by atoms with Crippen molar-refractivity contribution >= 4 is 31.6 Å². The van der Waals surface area contributed by atoms with Gasteiger partial charge in [-0.15, -0.1) is 0 Å². The second kappa shape index (κ2) is 9.40. The molecule has 0 aliphatic rings. The molecule has 0 N–H and O–H groups in total. The molecule has 0 aromatic heterocycles. The summed E-state index contributed by atoms with van der Waals surface area (Å²) in [5, 5.41) is 0. The predicted molar refractivity (Wildman–Crippen MR) is 120 cm³/mol. The molecular formula is C22H22BrNO5S. The number of benzene rings is 3. The molecule has 158 valence electrons. The Kier molecular flexibility index (Phi) is 6.89. The average molecular weight is 492 g/mol. The van der Waals surface area contributed by atoms with Gasteiger partial charge in [0.05, 0.1) is 38.5 Å². The number of hydrogen-bond donors (Lipinski definition) is 0. The van der Waals surface area contributed by atoms with Crippen LogP contribution in [0.15, 0.2) is 76.1 Å². The van der Waals surface area contributed by atoms with Gasteiger partial charge >= 0.3 is 0 Å². The minimum Gasteiger partial charge on any atom is -0.497 e. The van der Waals surface area contributed by atoms with Crippen molar-refractivity contribution in [3.05, 3.63) is 76.8 Å². The van der Waals surface area contributed by atoms with Crippen molar-refractivity contribution in [2.75, 3.05) is 25.6 Å². The van der Waals surface area contributed by atoms with Gasteiger partial charge in [0, 0.05) is 10.5 Å². The summed E-state index contributed by atoms with van der Waals surface area (Å²) in [4.78, 5) is 0.168. The van der Waals surface area contributed by atoms with E-state index in [0.717, 1.165) is 10.0 Å². The van der Waals surface area contributed by atoms with Gasteiger partial charge in [-0.1, -0.05) is 15.9 Å². The van der Waals surface area contributed by atoms with Gasteiger partial charge in [0.2, 0.25) is 0 Å². The van der Waals surface area contributed by atoms with Crippen molar-refractivity contribution in [3.63, 3.8) is 0 Å². The molecule has 3 rings (SSSR count). The first-order valence-electron chi connectivity index (χ1n) is 9.01. The van der Waals surface area contributed by atoms with E-state index >= 15 is 0 Å². The Morgan fingerprint density at radius 1 is 0.767 bits per heavy atom. The first-order valence-corrected chi connectivity index (χ1v) is 11.2. The Bertz CT molecular complexity index is 1080. The van der Waals surface area contributed by atoms with Gasteiger partial charge in [0.25, 0.3) is 10.0 Å². The fourth-order valence-corrected chi connectivity index (χ4v) is 4.64. The summed E-state index contributed by atoms with van der Waals surface area (Å²) in [6.07, 6.45) is 0. The number of nitrogens with zero attached hydrogens (tertiary/aromatic N) is 1. The van der Waals surface area contributed by atoms with Crippen LogP contribution in [0.1, 0.15) is 5.56 Å². The topological polar surface area (TPSA) is 65.1 Å². The first kappa shape index (κ1) is 22.0. The third kappa shape index (κ3) is 4.88. The van der Waals surface area contributed by atoms with Gasteiger partial charge in [0.15, 0.2) is 0 Å². The maximum Gasteiger partial charge on any atom is 0.264 e. The van der Waals surface area contributed by atoms with E-state index in [1.165, 1.54) is 23.5 Å². The Morgan fingerprint density at radius 3 is 1.80 bits per heavy atom. The number of rotatable bonds is 8. The molecule has 3 aromatic carbocycles. The standard InChI is InChI=1S/C22H22BrNO5S/c1-27-19-8-10-22(11-9-19)30(25,26)24(18-6-4-17(23)5-7-18)15-16-12-20(28-2)14-21(13-16)29-3/h4-14H,15H2,1-3H3. The van der Waals surface area contributed by atoms with E-state index in [0.29, 0.717) is 22.9 Å². The Hall–Kier alpha value is -2.71. The molecule has 0 radical (unpaired) electrons. The van der Waals surface area contributed by atoms with Crippen molar-refractivity contribution in [2.24, 2.45) is 0 Å². The second-order valence-corrected chi connectivity index (χ2v) is 9.16. The molecule has 0 saturated heterocycles. The van der Waals surface area contributed by atoms with E-state index in [-0.39, 0.29) is 11.4 Å². The number of methoxy groups -OCH3 is 3. The zero-order valence-corrected chi connectivity index (χ0v) is 19.2. The minimum atomic E-state index is -3.85. The van der Waals surface area contributed by atoms with Crippen LogP contribution < -0.4 is 18.5 Å². The van der Waals surface area contributed by atoms with Crippen LogP contribution in [-0.2, 0) is 16.6 Å². The Morgan fingerprint density at radius 2 is 1.30 bits per heavy atom. The Balaban J connectivity index is 2.08. The van der Waals surface area contributed by atoms with Crippen LogP contribution in [0.2, 0.25) is 0 Å². The predicted octanol–water partition coefficient (Wildman–Crippen LogP) is 4.87. The van der Waals surface area contributed by atoms with Crippen LogP contribution in [-0.4, -0.2) is 29.7 Å². The molecule has 0 bridgehead atoms. The number of sulfonamides is 1. The van der Waals surface area contributed by atoms with Crippen LogP contribution >= 0.6 is 15.9 Å². The quantitative estimate of drug-likeness (QED) is 0.449. The van der Waals surface area contributed by atoms with Crippen molar-refractivity contribution < 1.29 is 22.6 Å². The van der Waals surface area contributed by atoms with Crippen LogP contribution in [0.25, 0.3) is 0 Å². The lowest BCUT2D eigenvalue weighted by Crippen LogP contribution is -2.30. The molecule has 0 aliphatic heterocycles. The van der Waals surface area contributed by atoms with E-state index < -0.39 is 10.0 Å². The van der Waals surface area contributed by atoms with Gasteiger partial charge in [-0.25, -0.2) is 8.42 Å². The zero-order valence-electron chi connectivity index (χ0n) is 16.8. The summed E-state index contributed by atoms with van der Waals surface area (Å²) in [6, 6.07) is 18.8. The molecule has 0 fully saturated rings. The molecule has 8 heteroatoms. The zero-order chi connectivity index (χ0) is 21.7. The van der Waals surface area contributed by atoms with Crippen LogP contribution in [0.5, 0.6) is 17.2 Å². The molecule has 0 amide bonds. The molecular weight excluding hydrogens is 470 g/mol. The molecule has 0 unspecified atom stereocenters. The van der Waals surface area contributed by atoms with Gasteiger partial charge in [-0.05, 0) is 66.2 Å². The molecule has 0 saturated carbocycles. The maximum absolute atomic E-state index is 13.5. The minimum absolute atomic E-state index is 0.101. The summed E-state index contributed by atoms with van der Waals surface area (Å²) in [5.41, 5.74) is 1.27. The van der Waals surface area contributed by atoms with E-state index in [2.05, 4.69) is 15.9 Å². The fraction of sp³-hybridized carbons (Fsp3) is 0.182. The Labute approximate surface area is 185 Å². The van der Waals surface area contributed by atoms with Gasteiger partial charge in [-0.2, -0.15) is 0 Å². The molecule has 0 heterocycles. The van der Waals surface area contributed by atoms with Crippen LogP contribution in [0, 0.1) is 0 Å². The summed E-state index contributed by atoms with van der Waals surface area (Å²) in [5.74, 6) is 1.76. The number of halogens is 1. The van der Waals surface area contributed by atoms with Gasteiger partial charge in [0.1, 0.15) is 17.2 Å². The molecule has 3 aromatic rings. The summed E-state index contributed by atoms with van der Waals surface area (Å²) in [7, 11) is 0.796. The van der Waals surface area contributed by atoms with Gasteiger partial charge < -0.3 is 14.2 Å². The number of anilines is 1. The first-order chi connectivity index (χ1) is 14.4. The van der Waals surface area contributed by atoms with E-state index in [4.69, 9.17) is 14.2 Å². The molecule has 0 spiro atoms. The van der Waals surface area contributed by atoms with Crippen LogP contribution in [0.4, 0.5) is 5.69 Å². The average Bonchev–Trinajstić information content (AvgIpc) is 2.77. The lowest BCUT2D eigenvalue weighted by Gasteiger charge is -2.25. The highest BCUT2D eigenvalue weighted by Crippen LogP contribution is 2.30. The third-order valence-corrected chi connectivity index (χ3v) is 6.82. The lowest BCUT2D eigenvalue weighted by atomic mass is 10.2. The van der Waals surface area contributed by atoms with E-state index in [1.54, 1.807) is 68.8 Å². The molecule has 30 heavy (non-hydrogen) atoms. The smallest absolute Gasteiger partial charge is 0.264 e. The van der Waals surface area contributed by atoms with Crippen molar-refractivity contribution in [2.45, 2.75) is 11.4 Å². The SMILES string of the molecule is COc1ccc(S(=O)(=O)N(Cc2cc(OC)cc(OC)c2)c2ccc(Br)cc2)cc1. The number of ether oxygens (including phenoxy) is 3. The van der Waals surface area contributed by atoms with E-state index in [1.807, 2.05) is 0 Å². The van der Waals surface area contributed by atoms with Gasteiger partial charge in [-0.3, -0.25) is 4.31 Å². The lowest BCUT2D eigenvalue weighted by molar-refractivity contribution is 0.393. The van der Waals surface area contributed by atoms with Crippen molar-refractivity contribution in [1.82, 2.24) is 0 Å². The number of hydrogen-bond acceptors (Lipinski definition) is 5. The van der Waals surface area contributed by atoms with Crippen molar-refractivity contribution in [1.29, 1.82) is 0 Å². The highest BCUT2D eigenvalue weighted by molar-refractivity contribution is 9.10. The summed E-state index contributed by atoms with van der Waals surface area (Å²) >= 11 is 3.40. The molecule has 0 atom stereocenters. The summed E-state index contributed by atoms with van der Waals surface area (Å²) < 4.78 is 45.1.